The third-order valence-corrected chi connectivity index (χ3v) is 4.75. The molecule has 1 aliphatic rings. The van der Waals surface area contributed by atoms with E-state index in [1.165, 1.54) is 5.56 Å². The summed E-state index contributed by atoms with van der Waals surface area (Å²) >= 11 is 5.71. The van der Waals surface area contributed by atoms with Crippen LogP contribution in [0.3, 0.4) is 0 Å². The van der Waals surface area contributed by atoms with Crippen molar-refractivity contribution in [3.8, 4) is 5.75 Å². The molecule has 4 heteroatoms. The zero-order valence-electron chi connectivity index (χ0n) is 10.7. The van der Waals surface area contributed by atoms with Gasteiger partial charge in [0.05, 0.1) is 6.61 Å². The zero-order valence-corrected chi connectivity index (χ0v) is 14.4. The Hall–Kier alpha value is -0.880. The van der Waals surface area contributed by atoms with Gasteiger partial charge in [0.15, 0.2) is 5.78 Å². The predicted octanol–water partition coefficient (Wildman–Crippen LogP) is 4.41. The van der Waals surface area contributed by atoms with Gasteiger partial charge in [0.25, 0.3) is 0 Å². The largest absolute Gasteiger partial charge is 0.493 e. The van der Waals surface area contributed by atoms with E-state index in [2.05, 4.69) is 44.6 Å². The predicted molar refractivity (Wildman–Crippen MR) is 90.5 cm³/mol. The SMILES string of the molecule is O=C(Cc1cc(Br)cc2c1OCC2)c1ccccc1I. The number of carbonyl (C=O) groups is 1. The van der Waals surface area contributed by atoms with Crippen LogP contribution >= 0.6 is 38.5 Å². The van der Waals surface area contributed by atoms with Crippen LogP contribution in [0, 0.1) is 3.57 Å². The van der Waals surface area contributed by atoms with E-state index in [1.807, 2.05) is 30.3 Å². The number of halogens is 2. The van der Waals surface area contributed by atoms with Gasteiger partial charge in [-0.15, -0.1) is 0 Å². The van der Waals surface area contributed by atoms with Crippen molar-refractivity contribution in [3.63, 3.8) is 0 Å². The van der Waals surface area contributed by atoms with Crippen LogP contribution in [0.15, 0.2) is 40.9 Å². The summed E-state index contributed by atoms with van der Waals surface area (Å²) in [4.78, 5) is 12.5. The van der Waals surface area contributed by atoms with Crippen LogP contribution < -0.4 is 4.74 Å². The maximum atomic E-state index is 12.5. The molecule has 0 saturated heterocycles. The first-order chi connectivity index (χ1) is 9.65. The molecule has 0 fully saturated rings. The van der Waals surface area contributed by atoms with Gasteiger partial charge in [-0.25, -0.2) is 0 Å². The quantitative estimate of drug-likeness (QED) is 0.519. The Morgan fingerprint density at radius 2 is 2.10 bits per heavy atom. The Labute approximate surface area is 139 Å². The first-order valence-electron chi connectivity index (χ1n) is 6.37. The highest BCUT2D eigenvalue weighted by atomic mass is 127. The van der Waals surface area contributed by atoms with E-state index in [1.54, 1.807) is 0 Å². The van der Waals surface area contributed by atoms with Gasteiger partial charge in [-0.2, -0.15) is 0 Å². The number of fused-ring (bicyclic) bond motifs is 1. The van der Waals surface area contributed by atoms with Crippen LogP contribution in [0.25, 0.3) is 0 Å². The molecule has 1 heterocycles. The summed E-state index contributed by atoms with van der Waals surface area (Å²) in [5.74, 6) is 1.03. The van der Waals surface area contributed by atoms with Crippen molar-refractivity contribution in [2.75, 3.05) is 6.61 Å². The summed E-state index contributed by atoms with van der Waals surface area (Å²) in [7, 11) is 0. The lowest BCUT2D eigenvalue weighted by atomic mass is 10.00. The molecule has 0 unspecified atom stereocenters. The lowest BCUT2D eigenvalue weighted by Gasteiger charge is -2.09. The molecule has 2 nitrogen and oxygen atoms in total. The van der Waals surface area contributed by atoms with Crippen molar-refractivity contribution in [1.29, 1.82) is 0 Å². The molecule has 0 aromatic heterocycles. The molecule has 0 bridgehead atoms. The Bertz CT molecular complexity index is 682. The number of Topliss-reactive ketones (excluding diaryl/α,β-unsaturated/α-hetero) is 1. The van der Waals surface area contributed by atoms with Gasteiger partial charge >= 0.3 is 0 Å². The number of ether oxygens (including phenoxy) is 1. The van der Waals surface area contributed by atoms with E-state index in [4.69, 9.17) is 4.74 Å². The molecular weight excluding hydrogens is 431 g/mol. The normalized spacial score (nSPS) is 12.9. The second-order valence-corrected chi connectivity index (χ2v) is 6.81. The Morgan fingerprint density at radius 1 is 1.30 bits per heavy atom. The average Bonchev–Trinajstić information content (AvgIpc) is 2.87. The van der Waals surface area contributed by atoms with Gasteiger partial charge in [-0.05, 0) is 46.4 Å². The molecule has 0 spiro atoms. The summed E-state index contributed by atoms with van der Waals surface area (Å²) in [6.45, 7) is 0.704. The van der Waals surface area contributed by atoms with Gasteiger partial charge in [-0.3, -0.25) is 4.79 Å². The summed E-state index contributed by atoms with van der Waals surface area (Å²) < 4.78 is 7.67. The number of hydrogen-bond donors (Lipinski definition) is 0. The van der Waals surface area contributed by atoms with Gasteiger partial charge < -0.3 is 4.74 Å². The van der Waals surface area contributed by atoms with Gasteiger partial charge in [-0.1, -0.05) is 34.1 Å². The molecule has 2 aromatic carbocycles. The molecule has 1 aliphatic heterocycles. The molecule has 0 radical (unpaired) electrons. The van der Waals surface area contributed by atoms with E-state index in [0.717, 1.165) is 31.3 Å². The van der Waals surface area contributed by atoms with E-state index < -0.39 is 0 Å². The minimum absolute atomic E-state index is 0.130. The monoisotopic (exact) mass is 442 g/mol. The van der Waals surface area contributed by atoms with E-state index >= 15 is 0 Å². The van der Waals surface area contributed by atoms with Crippen molar-refractivity contribution >= 4 is 44.3 Å². The second-order valence-electron chi connectivity index (χ2n) is 4.73. The van der Waals surface area contributed by atoms with Crippen LogP contribution in [-0.4, -0.2) is 12.4 Å². The van der Waals surface area contributed by atoms with Crippen LogP contribution in [0.5, 0.6) is 5.75 Å². The molecule has 0 amide bonds. The van der Waals surface area contributed by atoms with Crippen LogP contribution in [-0.2, 0) is 12.8 Å². The number of benzene rings is 2. The van der Waals surface area contributed by atoms with Crippen LogP contribution in [0.1, 0.15) is 21.5 Å². The smallest absolute Gasteiger partial charge is 0.168 e. The van der Waals surface area contributed by atoms with Crippen molar-refractivity contribution < 1.29 is 9.53 Å². The minimum Gasteiger partial charge on any atom is -0.493 e. The fourth-order valence-corrected chi connectivity index (χ4v) is 3.67. The average molecular weight is 443 g/mol. The van der Waals surface area contributed by atoms with E-state index in [0.29, 0.717) is 13.0 Å². The summed E-state index contributed by atoms with van der Waals surface area (Å²) in [5, 5.41) is 0. The standard InChI is InChI=1S/C16H12BrIO2/c17-12-7-10-5-6-20-16(10)11(8-12)9-15(19)13-3-1-2-4-14(13)18/h1-4,7-8H,5-6,9H2. The molecule has 0 N–H and O–H groups in total. The Morgan fingerprint density at radius 3 is 2.90 bits per heavy atom. The molecule has 0 saturated carbocycles. The fraction of sp³-hybridized carbons (Fsp3) is 0.188. The molecule has 102 valence electrons. The topological polar surface area (TPSA) is 26.3 Å². The third-order valence-electron chi connectivity index (χ3n) is 3.35. The molecular formula is C16H12BrIO2. The van der Waals surface area contributed by atoms with Crippen molar-refractivity contribution in [3.05, 3.63) is 61.1 Å². The number of hydrogen-bond acceptors (Lipinski definition) is 2. The summed E-state index contributed by atoms with van der Waals surface area (Å²) in [6, 6.07) is 11.7. The lowest BCUT2D eigenvalue weighted by Crippen LogP contribution is -2.06. The fourth-order valence-electron chi connectivity index (χ4n) is 2.43. The van der Waals surface area contributed by atoms with Gasteiger partial charge in [0, 0.05) is 32.0 Å². The first kappa shape index (κ1) is 14.1. The van der Waals surface area contributed by atoms with Crippen molar-refractivity contribution in [2.24, 2.45) is 0 Å². The highest BCUT2D eigenvalue weighted by Crippen LogP contribution is 2.33. The molecule has 0 aliphatic carbocycles. The zero-order chi connectivity index (χ0) is 14.1. The molecule has 2 aromatic rings. The van der Waals surface area contributed by atoms with Crippen molar-refractivity contribution in [1.82, 2.24) is 0 Å². The second kappa shape index (κ2) is 5.85. The molecule has 20 heavy (non-hydrogen) atoms. The minimum atomic E-state index is 0.130. The van der Waals surface area contributed by atoms with Gasteiger partial charge in [0.1, 0.15) is 5.75 Å². The Balaban J connectivity index is 1.93. The third kappa shape index (κ3) is 2.76. The molecule has 3 rings (SSSR count). The molecule has 0 atom stereocenters. The summed E-state index contributed by atoms with van der Waals surface area (Å²) in [6.07, 6.45) is 1.29. The van der Waals surface area contributed by atoms with Crippen LogP contribution in [0.2, 0.25) is 0 Å². The lowest BCUT2D eigenvalue weighted by molar-refractivity contribution is 0.0991. The van der Waals surface area contributed by atoms with E-state index in [9.17, 15) is 4.79 Å². The maximum Gasteiger partial charge on any atom is 0.168 e. The van der Waals surface area contributed by atoms with Gasteiger partial charge in [0.2, 0.25) is 0 Å². The number of carbonyl (C=O) groups excluding carboxylic acids is 1. The Kier molecular flexibility index (Phi) is 4.12. The summed E-state index contributed by atoms with van der Waals surface area (Å²) in [5.41, 5.74) is 2.93. The van der Waals surface area contributed by atoms with Crippen LogP contribution in [0.4, 0.5) is 0 Å². The highest BCUT2D eigenvalue weighted by molar-refractivity contribution is 14.1. The van der Waals surface area contributed by atoms with Crippen molar-refractivity contribution in [2.45, 2.75) is 12.8 Å². The number of rotatable bonds is 3. The first-order valence-corrected chi connectivity index (χ1v) is 8.24. The highest BCUT2D eigenvalue weighted by Gasteiger charge is 2.20. The van der Waals surface area contributed by atoms with E-state index in [-0.39, 0.29) is 5.78 Å². The maximum absolute atomic E-state index is 12.5. The number of ketones is 1.